The van der Waals surface area contributed by atoms with Gasteiger partial charge in [0.1, 0.15) is 11.6 Å². The molecule has 5 nitrogen and oxygen atoms in total. The molecule has 1 aliphatic rings. The summed E-state index contributed by atoms with van der Waals surface area (Å²) in [7, 11) is 1.56. The molecular weight excluding hydrogens is 340 g/mol. The molecule has 0 unspecified atom stereocenters. The van der Waals surface area contributed by atoms with E-state index in [9.17, 15) is 18.4 Å². The van der Waals surface area contributed by atoms with E-state index in [1.807, 2.05) is 0 Å². The molecule has 0 aliphatic heterocycles. The number of hydrogen-bond acceptors (Lipinski definition) is 3. The molecule has 1 heterocycles. The Bertz CT molecular complexity index is 1100. The topological polar surface area (TPSA) is 64.0 Å². The summed E-state index contributed by atoms with van der Waals surface area (Å²) in [5, 5.41) is 2.68. The first kappa shape index (κ1) is 16.4. The van der Waals surface area contributed by atoms with Crippen molar-refractivity contribution < 1.29 is 13.6 Å². The molecule has 1 saturated carbocycles. The summed E-state index contributed by atoms with van der Waals surface area (Å²) >= 11 is 0. The summed E-state index contributed by atoms with van der Waals surface area (Å²) in [4.78, 5) is 29.3. The summed E-state index contributed by atoms with van der Waals surface area (Å²) in [6, 6.07) is 10.1. The molecule has 1 fully saturated rings. The van der Waals surface area contributed by atoms with Crippen molar-refractivity contribution in [3.05, 3.63) is 75.7 Å². The Labute approximate surface area is 147 Å². The first-order valence-electron chi connectivity index (χ1n) is 8.15. The van der Waals surface area contributed by atoms with E-state index in [1.165, 1.54) is 4.57 Å². The summed E-state index contributed by atoms with van der Waals surface area (Å²) < 4.78 is 29.0. The Morgan fingerprint density at radius 1 is 1.19 bits per heavy atom. The number of carbonyl (C=O) groups excluding carboxylic acids is 1. The van der Waals surface area contributed by atoms with Crippen molar-refractivity contribution in [2.75, 3.05) is 0 Å². The molecule has 1 aromatic heterocycles. The molecule has 1 N–H and O–H groups in total. The predicted octanol–water partition coefficient (Wildman–Crippen LogP) is 2.63. The third kappa shape index (κ3) is 2.56. The average molecular weight is 355 g/mol. The van der Waals surface area contributed by atoms with Crippen molar-refractivity contribution in [1.29, 1.82) is 0 Å². The maximum atomic E-state index is 14.1. The number of aromatic nitrogens is 2. The fourth-order valence-electron chi connectivity index (χ4n) is 3.15. The normalized spacial score (nSPS) is 15.0. The lowest BCUT2D eigenvalue weighted by molar-refractivity contribution is 0.0923. The van der Waals surface area contributed by atoms with Crippen LogP contribution in [-0.2, 0) is 12.6 Å². The highest BCUT2D eigenvalue weighted by molar-refractivity contribution is 5.94. The number of hydrogen-bond donors (Lipinski definition) is 1. The Kier molecular flexibility index (Phi) is 3.61. The Morgan fingerprint density at radius 2 is 1.92 bits per heavy atom. The van der Waals surface area contributed by atoms with Crippen molar-refractivity contribution in [1.82, 2.24) is 14.9 Å². The lowest BCUT2D eigenvalue weighted by Gasteiger charge is -2.18. The minimum atomic E-state index is -0.998. The molecule has 1 aliphatic carbocycles. The van der Waals surface area contributed by atoms with Gasteiger partial charge in [-0.05, 0) is 43.2 Å². The van der Waals surface area contributed by atoms with Gasteiger partial charge < -0.3 is 9.88 Å². The second-order valence-corrected chi connectivity index (χ2v) is 6.47. The van der Waals surface area contributed by atoms with Crippen LogP contribution in [0.1, 0.15) is 28.9 Å². The van der Waals surface area contributed by atoms with Crippen molar-refractivity contribution in [2.24, 2.45) is 7.05 Å². The van der Waals surface area contributed by atoms with E-state index in [4.69, 9.17) is 0 Å². The maximum Gasteiger partial charge on any atom is 0.282 e. The van der Waals surface area contributed by atoms with E-state index in [0.29, 0.717) is 23.9 Å². The minimum Gasteiger partial charge on any atom is -0.341 e. The Balaban J connectivity index is 1.73. The fraction of sp³-hybridized carbons (Fsp3) is 0.211. The van der Waals surface area contributed by atoms with Crippen molar-refractivity contribution in [3.63, 3.8) is 0 Å². The van der Waals surface area contributed by atoms with E-state index in [1.54, 1.807) is 31.3 Å². The van der Waals surface area contributed by atoms with Gasteiger partial charge in [-0.2, -0.15) is 0 Å². The van der Waals surface area contributed by atoms with Crippen LogP contribution in [0, 0.1) is 11.6 Å². The monoisotopic (exact) mass is 355 g/mol. The lowest BCUT2D eigenvalue weighted by atomic mass is 10.0. The van der Waals surface area contributed by atoms with Crippen LogP contribution >= 0.6 is 0 Å². The van der Waals surface area contributed by atoms with Crippen LogP contribution in [0.2, 0.25) is 0 Å². The zero-order valence-electron chi connectivity index (χ0n) is 13.9. The number of para-hydroxylation sites is 2. The van der Waals surface area contributed by atoms with Crippen molar-refractivity contribution in [2.45, 2.75) is 18.4 Å². The third-order valence-corrected chi connectivity index (χ3v) is 4.74. The molecule has 0 saturated heterocycles. The summed E-state index contributed by atoms with van der Waals surface area (Å²) in [5.41, 5.74) is -0.621. The van der Waals surface area contributed by atoms with Gasteiger partial charge in [0.05, 0.1) is 16.6 Å². The quantitative estimate of drug-likeness (QED) is 0.786. The van der Waals surface area contributed by atoms with Gasteiger partial charge in [0.2, 0.25) is 0 Å². The molecular formula is C19H15F2N3O2. The molecule has 3 aromatic rings. The Hall–Kier alpha value is -3.09. The van der Waals surface area contributed by atoms with E-state index in [-0.39, 0.29) is 11.3 Å². The smallest absolute Gasteiger partial charge is 0.282 e. The van der Waals surface area contributed by atoms with Gasteiger partial charge in [-0.25, -0.2) is 13.8 Å². The number of fused-ring (bicyclic) bond motifs is 1. The highest BCUT2D eigenvalue weighted by Gasteiger charge is 2.48. The first-order chi connectivity index (χ1) is 12.4. The number of benzene rings is 2. The van der Waals surface area contributed by atoms with Gasteiger partial charge in [0.25, 0.3) is 11.5 Å². The standard InChI is InChI=1S/C19H15F2N3O2/c1-24-15-5-3-2-4-14(15)22-16(18(24)26)17(25)23-19(8-9-19)12-10-11(20)6-7-13(12)21/h2-7,10H,8-9H2,1H3,(H,23,25). The molecule has 1 amide bonds. The fourth-order valence-corrected chi connectivity index (χ4v) is 3.15. The zero-order chi connectivity index (χ0) is 18.5. The second-order valence-electron chi connectivity index (χ2n) is 6.47. The molecule has 4 rings (SSSR count). The molecule has 0 atom stereocenters. The maximum absolute atomic E-state index is 14.1. The SMILES string of the molecule is Cn1c(=O)c(C(=O)NC2(c3cc(F)ccc3F)CC2)nc2ccccc21. The summed E-state index contributed by atoms with van der Waals surface area (Å²) in [6.07, 6.45) is 0.931. The van der Waals surface area contributed by atoms with Crippen LogP contribution in [0.3, 0.4) is 0 Å². The minimum absolute atomic E-state index is 0.0865. The van der Waals surface area contributed by atoms with Crippen molar-refractivity contribution in [3.8, 4) is 0 Å². The highest BCUT2D eigenvalue weighted by Crippen LogP contribution is 2.46. The van der Waals surface area contributed by atoms with Gasteiger partial charge in [-0.1, -0.05) is 12.1 Å². The predicted molar refractivity (Wildman–Crippen MR) is 91.7 cm³/mol. The molecule has 7 heteroatoms. The molecule has 0 radical (unpaired) electrons. The number of nitrogens with zero attached hydrogens (tertiary/aromatic N) is 2. The molecule has 0 bridgehead atoms. The number of carbonyl (C=O) groups is 1. The van der Waals surface area contributed by atoms with Crippen LogP contribution in [0.4, 0.5) is 8.78 Å². The van der Waals surface area contributed by atoms with E-state index in [2.05, 4.69) is 10.3 Å². The third-order valence-electron chi connectivity index (χ3n) is 4.74. The number of halogens is 2. The summed E-state index contributed by atoms with van der Waals surface area (Å²) in [5.74, 6) is -1.87. The van der Waals surface area contributed by atoms with Gasteiger partial charge in [0, 0.05) is 12.6 Å². The van der Waals surface area contributed by atoms with Gasteiger partial charge >= 0.3 is 0 Å². The number of amides is 1. The Morgan fingerprint density at radius 3 is 2.65 bits per heavy atom. The van der Waals surface area contributed by atoms with E-state index < -0.39 is 28.6 Å². The van der Waals surface area contributed by atoms with Crippen LogP contribution in [-0.4, -0.2) is 15.5 Å². The number of aryl methyl sites for hydroxylation is 1. The lowest BCUT2D eigenvalue weighted by Crippen LogP contribution is -2.40. The second kappa shape index (κ2) is 5.72. The van der Waals surface area contributed by atoms with E-state index in [0.717, 1.165) is 18.2 Å². The van der Waals surface area contributed by atoms with Gasteiger partial charge in [-0.15, -0.1) is 0 Å². The van der Waals surface area contributed by atoms with Crippen LogP contribution in [0.15, 0.2) is 47.3 Å². The summed E-state index contributed by atoms with van der Waals surface area (Å²) in [6.45, 7) is 0. The van der Waals surface area contributed by atoms with Crippen LogP contribution in [0.5, 0.6) is 0 Å². The number of nitrogens with one attached hydrogen (secondary N) is 1. The number of rotatable bonds is 3. The zero-order valence-corrected chi connectivity index (χ0v) is 13.9. The molecule has 132 valence electrons. The van der Waals surface area contributed by atoms with Crippen LogP contribution in [0.25, 0.3) is 11.0 Å². The van der Waals surface area contributed by atoms with Gasteiger partial charge in [-0.3, -0.25) is 9.59 Å². The van der Waals surface area contributed by atoms with Crippen LogP contribution < -0.4 is 10.9 Å². The van der Waals surface area contributed by atoms with E-state index >= 15 is 0 Å². The molecule has 2 aromatic carbocycles. The van der Waals surface area contributed by atoms with Crippen molar-refractivity contribution >= 4 is 16.9 Å². The average Bonchev–Trinajstić information content (AvgIpc) is 3.40. The molecule has 0 spiro atoms. The molecule has 26 heavy (non-hydrogen) atoms. The van der Waals surface area contributed by atoms with Gasteiger partial charge in [0.15, 0.2) is 5.69 Å². The first-order valence-corrected chi connectivity index (χ1v) is 8.15. The largest absolute Gasteiger partial charge is 0.341 e. The highest BCUT2D eigenvalue weighted by atomic mass is 19.1.